The van der Waals surface area contributed by atoms with Gasteiger partial charge in [0, 0.05) is 24.1 Å². The van der Waals surface area contributed by atoms with E-state index in [1.54, 1.807) is 25.6 Å². The van der Waals surface area contributed by atoms with E-state index in [2.05, 4.69) is 19.9 Å². The highest BCUT2D eigenvalue weighted by Crippen LogP contribution is 2.38. The number of methoxy groups -OCH3 is 2. The van der Waals surface area contributed by atoms with Gasteiger partial charge in [0.05, 0.1) is 7.11 Å². The highest BCUT2D eigenvalue weighted by molar-refractivity contribution is 7.14. The van der Waals surface area contributed by atoms with E-state index in [0.717, 1.165) is 9.94 Å². The molecule has 0 saturated heterocycles. The van der Waals surface area contributed by atoms with E-state index in [4.69, 9.17) is 15.2 Å². The van der Waals surface area contributed by atoms with Crippen molar-refractivity contribution in [3.05, 3.63) is 16.5 Å². The normalized spacial score (nSPS) is 13.2. The lowest BCUT2D eigenvalue weighted by Gasteiger charge is -2.09. The molecule has 3 nitrogen and oxygen atoms in total. The van der Waals surface area contributed by atoms with Gasteiger partial charge in [-0.15, -0.1) is 11.3 Å². The van der Waals surface area contributed by atoms with Crippen molar-refractivity contribution >= 4 is 11.3 Å². The van der Waals surface area contributed by atoms with Crippen molar-refractivity contribution < 1.29 is 9.47 Å². The molecule has 0 aliphatic carbocycles. The summed E-state index contributed by atoms with van der Waals surface area (Å²) in [4.78, 5) is 1.14. The number of ether oxygens (including phenoxy) is 2. The van der Waals surface area contributed by atoms with Crippen LogP contribution < -0.4 is 10.5 Å². The van der Waals surface area contributed by atoms with E-state index < -0.39 is 0 Å². The van der Waals surface area contributed by atoms with E-state index >= 15 is 0 Å². The zero-order valence-corrected chi connectivity index (χ0v) is 10.6. The molecule has 0 radical (unpaired) electrons. The molecule has 86 valence electrons. The van der Waals surface area contributed by atoms with Crippen LogP contribution in [-0.4, -0.2) is 20.8 Å². The third-order valence-corrected chi connectivity index (χ3v) is 3.57. The van der Waals surface area contributed by atoms with Crippen LogP contribution in [0.1, 0.15) is 36.3 Å². The molecule has 0 amide bonds. The average molecular weight is 229 g/mol. The lowest BCUT2D eigenvalue weighted by atomic mass is 10.1. The second-order valence-corrected chi connectivity index (χ2v) is 4.76. The van der Waals surface area contributed by atoms with Crippen molar-refractivity contribution in [1.82, 2.24) is 0 Å². The van der Waals surface area contributed by atoms with Crippen LogP contribution in [0.3, 0.4) is 0 Å². The molecular formula is C11H19NO2S. The number of nitrogens with two attached hydrogens (primary N) is 1. The maximum atomic E-state index is 5.63. The van der Waals surface area contributed by atoms with E-state index in [9.17, 15) is 0 Å². The summed E-state index contributed by atoms with van der Waals surface area (Å²) in [5.74, 6) is 0.459. The van der Waals surface area contributed by atoms with Gasteiger partial charge in [-0.25, -0.2) is 0 Å². The molecule has 1 aromatic rings. The monoisotopic (exact) mass is 229 g/mol. The summed E-state index contributed by atoms with van der Waals surface area (Å²) in [7, 11) is 3.38. The Morgan fingerprint density at radius 2 is 2.07 bits per heavy atom. The fourth-order valence-corrected chi connectivity index (χ4v) is 2.68. The topological polar surface area (TPSA) is 44.5 Å². The minimum Gasteiger partial charge on any atom is -0.487 e. The minimum absolute atomic E-state index is 0.0172. The first-order valence-electron chi connectivity index (χ1n) is 5.04. The quantitative estimate of drug-likeness (QED) is 0.843. The van der Waals surface area contributed by atoms with Gasteiger partial charge in [0.2, 0.25) is 0 Å². The predicted molar refractivity (Wildman–Crippen MR) is 63.8 cm³/mol. The summed E-state index contributed by atoms with van der Waals surface area (Å²) < 4.78 is 10.7. The first kappa shape index (κ1) is 12.5. The molecule has 1 atom stereocenters. The van der Waals surface area contributed by atoms with Gasteiger partial charge < -0.3 is 15.2 Å². The molecule has 4 heteroatoms. The summed E-state index contributed by atoms with van der Waals surface area (Å²) in [6.45, 7) is 4.80. The Kier molecular flexibility index (Phi) is 4.57. The van der Waals surface area contributed by atoms with Gasteiger partial charge in [0.15, 0.2) is 5.06 Å². The van der Waals surface area contributed by atoms with Crippen molar-refractivity contribution in [2.45, 2.75) is 25.9 Å². The van der Waals surface area contributed by atoms with E-state index in [0.29, 0.717) is 12.5 Å². The molecule has 0 bridgehead atoms. The third-order valence-electron chi connectivity index (χ3n) is 2.37. The maximum absolute atomic E-state index is 5.63. The lowest BCUT2D eigenvalue weighted by molar-refractivity contribution is 0.113. The van der Waals surface area contributed by atoms with Crippen LogP contribution in [0.5, 0.6) is 5.06 Å². The zero-order chi connectivity index (χ0) is 11.4. The first-order valence-corrected chi connectivity index (χ1v) is 5.86. The van der Waals surface area contributed by atoms with Crippen LogP contribution in [0.2, 0.25) is 0 Å². The second kappa shape index (κ2) is 5.49. The average Bonchev–Trinajstić information content (AvgIpc) is 2.64. The largest absolute Gasteiger partial charge is 0.487 e. The molecule has 1 aromatic heterocycles. The van der Waals surface area contributed by atoms with Crippen LogP contribution in [0.4, 0.5) is 0 Å². The molecule has 0 aromatic carbocycles. The van der Waals surface area contributed by atoms with Crippen molar-refractivity contribution in [3.8, 4) is 5.06 Å². The van der Waals surface area contributed by atoms with Gasteiger partial charge in [-0.3, -0.25) is 0 Å². The van der Waals surface area contributed by atoms with Gasteiger partial charge in [0.1, 0.15) is 6.10 Å². The van der Waals surface area contributed by atoms with Gasteiger partial charge >= 0.3 is 0 Å². The summed E-state index contributed by atoms with van der Waals surface area (Å²) >= 11 is 1.62. The van der Waals surface area contributed by atoms with Gasteiger partial charge in [0.25, 0.3) is 0 Å². The highest BCUT2D eigenvalue weighted by atomic mass is 32.1. The van der Waals surface area contributed by atoms with Crippen molar-refractivity contribution in [2.75, 3.05) is 20.8 Å². The van der Waals surface area contributed by atoms with E-state index in [1.807, 2.05) is 0 Å². The summed E-state index contributed by atoms with van der Waals surface area (Å²) in [6, 6.07) is 2.13. The van der Waals surface area contributed by atoms with Gasteiger partial charge in [-0.05, 0) is 12.0 Å². The van der Waals surface area contributed by atoms with Crippen LogP contribution >= 0.6 is 11.3 Å². The molecule has 0 saturated carbocycles. The van der Waals surface area contributed by atoms with Crippen molar-refractivity contribution in [2.24, 2.45) is 5.73 Å². The Bertz CT molecular complexity index is 306. The number of hydrogen-bond acceptors (Lipinski definition) is 4. The fourth-order valence-electron chi connectivity index (χ4n) is 1.46. The standard InChI is InChI=1S/C11H19NO2S/c1-7(2)8-5-10(9(6-12)13-3)15-11(8)14-4/h5,7,9H,6,12H2,1-4H3. The minimum atomic E-state index is -0.0172. The van der Waals surface area contributed by atoms with Crippen molar-refractivity contribution in [3.63, 3.8) is 0 Å². The Balaban J connectivity index is 3.01. The van der Waals surface area contributed by atoms with Crippen LogP contribution in [0.15, 0.2) is 6.07 Å². The SMILES string of the molecule is COc1sc(C(CN)OC)cc1C(C)C. The van der Waals surface area contributed by atoms with Crippen LogP contribution in [-0.2, 0) is 4.74 Å². The molecule has 0 aliphatic heterocycles. The van der Waals surface area contributed by atoms with E-state index in [-0.39, 0.29) is 6.10 Å². The number of rotatable bonds is 5. The second-order valence-electron chi connectivity index (χ2n) is 3.71. The third kappa shape index (κ3) is 2.71. The molecule has 1 rings (SSSR count). The Hall–Kier alpha value is -0.580. The van der Waals surface area contributed by atoms with E-state index in [1.165, 1.54) is 5.56 Å². The lowest BCUT2D eigenvalue weighted by Crippen LogP contribution is -2.12. The first-order chi connectivity index (χ1) is 7.13. The Labute approximate surface area is 95.2 Å². The number of thiophene rings is 1. The van der Waals surface area contributed by atoms with Crippen molar-refractivity contribution in [1.29, 1.82) is 0 Å². The molecule has 0 aliphatic rings. The Morgan fingerprint density at radius 1 is 1.40 bits per heavy atom. The fraction of sp³-hybridized carbons (Fsp3) is 0.636. The highest BCUT2D eigenvalue weighted by Gasteiger charge is 2.17. The summed E-state index contributed by atoms with van der Waals surface area (Å²) in [5.41, 5.74) is 6.86. The molecule has 1 unspecified atom stereocenters. The van der Waals surface area contributed by atoms with Crippen LogP contribution in [0.25, 0.3) is 0 Å². The van der Waals surface area contributed by atoms with Gasteiger partial charge in [-0.1, -0.05) is 13.8 Å². The molecule has 2 N–H and O–H groups in total. The summed E-state index contributed by atoms with van der Waals surface area (Å²) in [6.07, 6.45) is -0.0172. The molecule has 0 fully saturated rings. The summed E-state index contributed by atoms with van der Waals surface area (Å²) in [5, 5.41) is 0.968. The molecule has 15 heavy (non-hydrogen) atoms. The predicted octanol–water partition coefficient (Wildman–Crippen LogP) is 2.53. The molecular weight excluding hydrogens is 210 g/mol. The number of hydrogen-bond donors (Lipinski definition) is 1. The molecule has 1 heterocycles. The van der Waals surface area contributed by atoms with Crippen LogP contribution in [0, 0.1) is 0 Å². The zero-order valence-electron chi connectivity index (χ0n) is 9.74. The molecule has 0 spiro atoms. The Morgan fingerprint density at radius 3 is 2.40 bits per heavy atom. The smallest absolute Gasteiger partial charge is 0.177 e. The maximum Gasteiger partial charge on any atom is 0.177 e. The van der Waals surface area contributed by atoms with Gasteiger partial charge in [-0.2, -0.15) is 0 Å².